The molecular weight excluding hydrogens is 246 g/mol. The van der Waals surface area contributed by atoms with Crippen LogP contribution >= 0.6 is 0 Å². The van der Waals surface area contributed by atoms with Crippen molar-refractivity contribution in [1.82, 2.24) is 5.32 Å². The summed E-state index contributed by atoms with van der Waals surface area (Å²) in [5, 5.41) is 3.26. The van der Waals surface area contributed by atoms with Crippen LogP contribution in [0.3, 0.4) is 0 Å². The lowest BCUT2D eigenvalue weighted by atomic mass is 10.2. The lowest BCUT2D eigenvalue weighted by molar-refractivity contribution is 0.546. The third-order valence-electron chi connectivity index (χ3n) is 2.59. The van der Waals surface area contributed by atoms with Gasteiger partial charge in [-0.15, -0.1) is 0 Å². The van der Waals surface area contributed by atoms with Crippen LogP contribution in [-0.4, -0.2) is 27.3 Å². The molecule has 1 aromatic carbocycles. The summed E-state index contributed by atoms with van der Waals surface area (Å²) in [6, 6.07) is 9.35. The van der Waals surface area contributed by atoms with E-state index in [1.165, 1.54) is 0 Å². The van der Waals surface area contributed by atoms with Crippen molar-refractivity contribution in [2.75, 3.05) is 18.8 Å². The fraction of sp³-hybridized carbons (Fsp3) is 0.571. The van der Waals surface area contributed by atoms with Crippen LogP contribution in [0.25, 0.3) is 0 Å². The van der Waals surface area contributed by atoms with E-state index in [-0.39, 0.29) is 11.5 Å². The van der Waals surface area contributed by atoms with Gasteiger partial charge in [-0.1, -0.05) is 44.2 Å². The van der Waals surface area contributed by atoms with Crippen LogP contribution in [0.4, 0.5) is 0 Å². The highest BCUT2D eigenvalue weighted by Gasteiger charge is 2.11. The average molecular weight is 269 g/mol. The zero-order valence-corrected chi connectivity index (χ0v) is 12.0. The normalized spacial score (nSPS) is 11.9. The first-order chi connectivity index (χ1) is 8.49. The minimum Gasteiger partial charge on any atom is -0.316 e. The van der Waals surface area contributed by atoms with E-state index in [9.17, 15) is 8.42 Å². The smallest absolute Gasteiger partial charge is 0.154 e. The van der Waals surface area contributed by atoms with E-state index in [1.54, 1.807) is 0 Å². The molecule has 0 fully saturated rings. The van der Waals surface area contributed by atoms with Crippen molar-refractivity contribution in [1.29, 1.82) is 0 Å². The lowest BCUT2D eigenvalue weighted by Gasteiger charge is -2.08. The predicted octanol–water partition coefficient (Wildman–Crippen LogP) is 2.24. The van der Waals surface area contributed by atoms with Crippen molar-refractivity contribution >= 4 is 9.84 Å². The van der Waals surface area contributed by atoms with Crippen LogP contribution in [-0.2, 0) is 15.6 Å². The summed E-state index contributed by atoms with van der Waals surface area (Å²) in [5.41, 5.74) is 0.868. The first-order valence-corrected chi connectivity index (χ1v) is 8.27. The third kappa shape index (κ3) is 6.77. The van der Waals surface area contributed by atoms with Crippen molar-refractivity contribution in [3.63, 3.8) is 0 Å². The summed E-state index contributed by atoms with van der Waals surface area (Å²) in [6.07, 6.45) is 0.682. The lowest BCUT2D eigenvalue weighted by Crippen LogP contribution is -2.23. The molecule has 0 aliphatic carbocycles. The van der Waals surface area contributed by atoms with Crippen molar-refractivity contribution in [2.45, 2.75) is 26.0 Å². The molecule has 0 bridgehead atoms. The number of rotatable bonds is 8. The summed E-state index contributed by atoms with van der Waals surface area (Å²) in [4.78, 5) is 0. The molecule has 4 heteroatoms. The maximum Gasteiger partial charge on any atom is 0.154 e. The van der Waals surface area contributed by atoms with Gasteiger partial charge in [0.1, 0.15) is 0 Å². The van der Waals surface area contributed by atoms with Gasteiger partial charge in [0.2, 0.25) is 0 Å². The quantitative estimate of drug-likeness (QED) is 0.736. The summed E-state index contributed by atoms with van der Waals surface area (Å²) in [5.74, 6) is 1.01. The molecule has 0 unspecified atom stereocenters. The molecule has 0 spiro atoms. The molecule has 0 saturated carbocycles. The highest BCUT2D eigenvalue weighted by molar-refractivity contribution is 7.90. The van der Waals surface area contributed by atoms with Crippen LogP contribution in [0.5, 0.6) is 0 Å². The molecule has 18 heavy (non-hydrogen) atoms. The number of benzene rings is 1. The molecule has 102 valence electrons. The van der Waals surface area contributed by atoms with Gasteiger partial charge in [0.25, 0.3) is 0 Å². The van der Waals surface area contributed by atoms with Gasteiger partial charge in [-0.25, -0.2) is 8.42 Å². The Balaban J connectivity index is 2.28. The van der Waals surface area contributed by atoms with E-state index in [0.29, 0.717) is 12.3 Å². The minimum atomic E-state index is -2.98. The zero-order chi connectivity index (χ0) is 13.4. The molecule has 0 amide bonds. The van der Waals surface area contributed by atoms with Gasteiger partial charge in [-0.05, 0) is 31.0 Å². The SMILES string of the molecule is CC(C)CNCCCS(=O)(=O)Cc1ccccc1. The maximum atomic E-state index is 11.9. The van der Waals surface area contributed by atoms with E-state index < -0.39 is 9.84 Å². The second-order valence-corrected chi connectivity index (χ2v) is 7.21. The number of hydrogen-bond acceptors (Lipinski definition) is 3. The molecule has 3 nitrogen and oxygen atoms in total. The summed E-state index contributed by atoms with van der Waals surface area (Å²) >= 11 is 0. The van der Waals surface area contributed by atoms with E-state index in [1.807, 2.05) is 30.3 Å². The fourth-order valence-corrected chi connectivity index (χ4v) is 3.14. The van der Waals surface area contributed by atoms with E-state index >= 15 is 0 Å². The second kappa shape index (κ2) is 7.54. The maximum absolute atomic E-state index is 11.9. The third-order valence-corrected chi connectivity index (χ3v) is 4.27. The molecule has 0 aliphatic heterocycles. The largest absolute Gasteiger partial charge is 0.316 e. The molecule has 0 heterocycles. The molecule has 0 radical (unpaired) electrons. The Hall–Kier alpha value is -0.870. The summed E-state index contributed by atoms with van der Waals surface area (Å²) < 4.78 is 23.7. The van der Waals surface area contributed by atoms with E-state index in [4.69, 9.17) is 0 Å². The topological polar surface area (TPSA) is 46.2 Å². The van der Waals surface area contributed by atoms with Gasteiger partial charge in [-0.2, -0.15) is 0 Å². The predicted molar refractivity (Wildman–Crippen MR) is 76.3 cm³/mol. The van der Waals surface area contributed by atoms with Crippen LogP contribution < -0.4 is 5.32 Å². The molecule has 0 aliphatic rings. The van der Waals surface area contributed by atoms with Gasteiger partial charge in [0.15, 0.2) is 9.84 Å². The second-order valence-electron chi connectivity index (χ2n) is 5.03. The number of hydrogen-bond donors (Lipinski definition) is 1. The monoisotopic (exact) mass is 269 g/mol. The number of sulfone groups is 1. The fourth-order valence-electron chi connectivity index (χ4n) is 1.71. The van der Waals surface area contributed by atoms with Crippen molar-refractivity contribution in [3.8, 4) is 0 Å². The molecule has 1 rings (SSSR count). The van der Waals surface area contributed by atoms with Crippen LogP contribution in [0.2, 0.25) is 0 Å². The van der Waals surface area contributed by atoms with Gasteiger partial charge < -0.3 is 5.32 Å². The summed E-state index contributed by atoms with van der Waals surface area (Å²) in [6.45, 7) is 5.99. The van der Waals surface area contributed by atoms with Crippen LogP contribution in [0.1, 0.15) is 25.8 Å². The molecule has 0 atom stereocenters. The van der Waals surface area contributed by atoms with Gasteiger partial charge >= 0.3 is 0 Å². The Morgan fingerprint density at radius 1 is 1.17 bits per heavy atom. The van der Waals surface area contributed by atoms with Crippen LogP contribution in [0, 0.1) is 5.92 Å². The van der Waals surface area contributed by atoms with E-state index in [0.717, 1.165) is 18.7 Å². The first-order valence-electron chi connectivity index (χ1n) is 6.44. The average Bonchev–Trinajstić information content (AvgIpc) is 2.28. The Morgan fingerprint density at radius 3 is 2.44 bits per heavy atom. The van der Waals surface area contributed by atoms with Gasteiger partial charge in [0.05, 0.1) is 11.5 Å². The molecule has 0 aromatic heterocycles. The highest BCUT2D eigenvalue weighted by Crippen LogP contribution is 2.06. The minimum absolute atomic E-state index is 0.151. The number of nitrogens with one attached hydrogen (secondary N) is 1. The van der Waals surface area contributed by atoms with Crippen molar-refractivity contribution in [3.05, 3.63) is 35.9 Å². The Labute approximate surface area is 111 Å². The van der Waals surface area contributed by atoms with Crippen molar-refractivity contribution < 1.29 is 8.42 Å². The standard InChI is InChI=1S/C14H23NO2S/c1-13(2)11-15-9-6-10-18(16,17)12-14-7-4-3-5-8-14/h3-5,7-8,13,15H,6,9-12H2,1-2H3. The summed E-state index contributed by atoms with van der Waals surface area (Å²) in [7, 11) is -2.98. The Morgan fingerprint density at radius 2 is 1.83 bits per heavy atom. The Bertz CT molecular complexity index is 426. The van der Waals surface area contributed by atoms with Gasteiger partial charge in [-0.3, -0.25) is 0 Å². The Kier molecular flexibility index (Phi) is 6.36. The molecular formula is C14H23NO2S. The molecule has 0 saturated heterocycles. The first kappa shape index (κ1) is 15.2. The van der Waals surface area contributed by atoms with Crippen LogP contribution in [0.15, 0.2) is 30.3 Å². The van der Waals surface area contributed by atoms with E-state index in [2.05, 4.69) is 19.2 Å². The molecule has 1 N–H and O–H groups in total. The zero-order valence-electron chi connectivity index (χ0n) is 11.2. The highest BCUT2D eigenvalue weighted by atomic mass is 32.2. The van der Waals surface area contributed by atoms with Gasteiger partial charge in [0, 0.05) is 0 Å². The molecule has 1 aromatic rings. The van der Waals surface area contributed by atoms with Crippen molar-refractivity contribution in [2.24, 2.45) is 5.92 Å².